The molecule has 2 rings (SSSR count). The highest BCUT2D eigenvalue weighted by Gasteiger charge is 2.20. The second-order valence-electron chi connectivity index (χ2n) is 3.94. The number of aromatic amines is 1. The fourth-order valence-corrected chi connectivity index (χ4v) is 1.91. The lowest BCUT2D eigenvalue weighted by Crippen LogP contribution is -2.38. The monoisotopic (exact) mass is 210 g/mol. The molecule has 2 atom stereocenters. The van der Waals surface area contributed by atoms with Crippen LogP contribution in [-0.2, 0) is 11.3 Å². The van der Waals surface area contributed by atoms with Crippen LogP contribution in [0.15, 0.2) is 6.33 Å². The fraction of sp³-hybridized carbons (Fsp3) is 0.800. The van der Waals surface area contributed by atoms with E-state index >= 15 is 0 Å². The second-order valence-corrected chi connectivity index (χ2v) is 3.94. The third-order valence-electron chi connectivity index (χ3n) is 2.85. The van der Waals surface area contributed by atoms with E-state index in [1.807, 2.05) is 0 Å². The van der Waals surface area contributed by atoms with Crippen molar-refractivity contribution in [2.75, 3.05) is 6.61 Å². The molecule has 1 aliphatic heterocycles. The molecule has 0 aliphatic carbocycles. The van der Waals surface area contributed by atoms with Gasteiger partial charge in [-0.25, -0.2) is 4.98 Å². The van der Waals surface area contributed by atoms with Crippen LogP contribution in [0.4, 0.5) is 0 Å². The molecule has 0 radical (unpaired) electrons. The lowest BCUT2D eigenvalue weighted by molar-refractivity contribution is -0.000420. The summed E-state index contributed by atoms with van der Waals surface area (Å²) in [7, 11) is 0. The smallest absolute Gasteiger partial charge is 0.138 e. The molecule has 0 spiro atoms. The SMILES string of the molecule is CCC1CC(NCc2ncn[nH]2)CCO1. The highest BCUT2D eigenvalue weighted by molar-refractivity contribution is 4.82. The second kappa shape index (κ2) is 5.23. The molecule has 1 saturated heterocycles. The van der Waals surface area contributed by atoms with Gasteiger partial charge in [0.15, 0.2) is 0 Å². The van der Waals surface area contributed by atoms with Crippen molar-refractivity contribution in [3.05, 3.63) is 12.2 Å². The van der Waals surface area contributed by atoms with E-state index < -0.39 is 0 Å². The first kappa shape index (κ1) is 10.6. The van der Waals surface area contributed by atoms with Gasteiger partial charge in [0.2, 0.25) is 0 Å². The summed E-state index contributed by atoms with van der Waals surface area (Å²) in [4.78, 5) is 4.08. The number of aromatic nitrogens is 3. The molecule has 5 heteroatoms. The Hall–Kier alpha value is -0.940. The van der Waals surface area contributed by atoms with Crippen molar-refractivity contribution in [1.82, 2.24) is 20.5 Å². The zero-order valence-corrected chi connectivity index (χ0v) is 9.07. The first-order chi connectivity index (χ1) is 7.38. The molecule has 1 aromatic heterocycles. The highest BCUT2D eigenvalue weighted by atomic mass is 16.5. The number of rotatable bonds is 4. The molecule has 5 nitrogen and oxygen atoms in total. The lowest BCUT2D eigenvalue weighted by atomic mass is 10.0. The molecular weight excluding hydrogens is 192 g/mol. The molecule has 2 N–H and O–H groups in total. The van der Waals surface area contributed by atoms with Crippen molar-refractivity contribution in [3.63, 3.8) is 0 Å². The number of nitrogens with zero attached hydrogens (tertiary/aromatic N) is 2. The molecule has 1 aromatic rings. The Kier molecular flexibility index (Phi) is 3.69. The standard InChI is InChI=1S/C10H18N4O/c1-2-9-5-8(3-4-15-9)11-6-10-12-7-13-14-10/h7-9,11H,2-6H2,1H3,(H,12,13,14). The van der Waals surface area contributed by atoms with Gasteiger partial charge in [-0.1, -0.05) is 6.92 Å². The van der Waals surface area contributed by atoms with Crippen LogP contribution in [0.1, 0.15) is 32.0 Å². The minimum absolute atomic E-state index is 0.422. The average molecular weight is 210 g/mol. The van der Waals surface area contributed by atoms with Crippen molar-refractivity contribution in [1.29, 1.82) is 0 Å². The normalized spacial score (nSPS) is 26.7. The van der Waals surface area contributed by atoms with Crippen molar-refractivity contribution in [2.45, 2.75) is 44.9 Å². The number of H-pyrrole nitrogens is 1. The zero-order chi connectivity index (χ0) is 10.5. The maximum absolute atomic E-state index is 5.62. The molecule has 1 fully saturated rings. The van der Waals surface area contributed by atoms with E-state index in [4.69, 9.17) is 4.74 Å². The van der Waals surface area contributed by atoms with Crippen LogP contribution in [-0.4, -0.2) is 33.9 Å². The van der Waals surface area contributed by atoms with Gasteiger partial charge in [-0.05, 0) is 19.3 Å². The Morgan fingerprint density at radius 2 is 2.60 bits per heavy atom. The van der Waals surface area contributed by atoms with Crippen LogP contribution in [0.5, 0.6) is 0 Å². The van der Waals surface area contributed by atoms with Crippen LogP contribution in [0, 0.1) is 0 Å². The number of nitrogens with one attached hydrogen (secondary N) is 2. The van der Waals surface area contributed by atoms with Crippen LogP contribution in [0.3, 0.4) is 0 Å². The Balaban J connectivity index is 1.74. The Bertz CT molecular complexity index is 275. The maximum Gasteiger partial charge on any atom is 0.138 e. The molecule has 2 unspecified atom stereocenters. The Labute approximate surface area is 89.6 Å². The summed E-state index contributed by atoms with van der Waals surface area (Å²) in [5, 5.41) is 10.1. The maximum atomic E-state index is 5.62. The molecule has 84 valence electrons. The zero-order valence-electron chi connectivity index (χ0n) is 9.07. The summed E-state index contributed by atoms with van der Waals surface area (Å²) in [6.45, 7) is 3.80. The molecule has 1 aliphatic rings. The van der Waals surface area contributed by atoms with Gasteiger partial charge in [-0.15, -0.1) is 0 Å². The number of hydrogen-bond acceptors (Lipinski definition) is 4. The molecule has 2 heterocycles. The third kappa shape index (κ3) is 3.00. The summed E-state index contributed by atoms with van der Waals surface area (Å²) in [5.74, 6) is 0.898. The van der Waals surface area contributed by atoms with E-state index in [-0.39, 0.29) is 0 Å². The molecule has 0 amide bonds. The molecular formula is C10H18N4O. The summed E-state index contributed by atoms with van der Waals surface area (Å²) in [6.07, 6.45) is 5.25. The van der Waals surface area contributed by atoms with E-state index in [2.05, 4.69) is 27.4 Å². The van der Waals surface area contributed by atoms with Gasteiger partial charge < -0.3 is 10.1 Å². The third-order valence-corrected chi connectivity index (χ3v) is 2.85. The molecule has 0 aromatic carbocycles. The van der Waals surface area contributed by atoms with Gasteiger partial charge in [0.25, 0.3) is 0 Å². The quantitative estimate of drug-likeness (QED) is 0.773. The molecule has 15 heavy (non-hydrogen) atoms. The summed E-state index contributed by atoms with van der Waals surface area (Å²) < 4.78 is 5.62. The first-order valence-electron chi connectivity index (χ1n) is 5.57. The number of ether oxygens (including phenoxy) is 1. The Morgan fingerprint density at radius 1 is 1.67 bits per heavy atom. The van der Waals surface area contributed by atoms with Gasteiger partial charge >= 0.3 is 0 Å². The summed E-state index contributed by atoms with van der Waals surface area (Å²) in [6, 6.07) is 0.550. The predicted octanol–water partition coefficient (Wildman–Crippen LogP) is 0.852. The van der Waals surface area contributed by atoms with Crippen molar-refractivity contribution < 1.29 is 4.74 Å². The van der Waals surface area contributed by atoms with Gasteiger partial charge in [-0.2, -0.15) is 5.10 Å². The van der Waals surface area contributed by atoms with Crippen molar-refractivity contribution in [3.8, 4) is 0 Å². The van der Waals surface area contributed by atoms with Crippen LogP contribution < -0.4 is 5.32 Å². The first-order valence-corrected chi connectivity index (χ1v) is 5.57. The van der Waals surface area contributed by atoms with Crippen molar-refractivity contribution in [2.24, 2.45) is 0 Å². The largest absolute Gasteiger partial charge is 0.378 e. The van der Waals surface area contributed by atoms with Gasteiger partial charge in [0, 0.05) is 12.6 Å². The predicted molar refractivity (Wildman–Crippen MR) is 56.3 cm³/mol. The molecule has 0 saturated carbocycles. The lowest BCUT2D eigenvalue weighted by Gasteiger charge is -2.29. The topological polar surface area (TPSA) is 62.8 Å². The highest BCUT2D eigenvalue weighted by Crippen LogP contribution is 2.16. The average Bonchev–Trinajstić information content (AvgIpc) is 2.79. The van der Waals surface area contributed by atoms with Gasteiger partial charge in [0.1, 0.15) is 12.2 Å². The van der Waals surface area contributed by atoms with E-state index in [9.17, 15) is 0 Å². The number of hydrogen-bond donors (Lipinski definition) is 2. The van der Waals surface area contributed by atoms with E-state index in [0.29, 0.717) is 12.1 Å². The van der Waals surface area contributed by atoms with E-state index in [1.165, 1.54) is 6.33 Å². The van der Waals surface area contributed by atoms with E-state index in [0.717, 1.165) is 38.2 Å². The van der Waals surface area contributed by atoms with E-state index in [1.54, 1.807) is 0 Å². The van der Waals surface area contributed by atoms with Crippen LogP contribution >= 0.6 is 0 Å². The van der Waals surface area contributed by atoms with Gasteiger partial charge in [-0.3, -0.25) is 5.10 Å². The Morgan fingerprint density at radius 3 is 3.33 bits per heavy atom. The summed E-state index contributed by atoms with van der Waals surface area (Å²) in [5.41, 5.74) is 0. The molecule has 0 bridgehead atoms. The van der Waals surface area contributed by atoms with Crippen LogP contribution in [0.2, 0.25) is 0 Å². The van der Waals surface area contributed by atoms with Crippen molar-refractivity contribution >= 4 is 0 Å². The summed E-state index contributed by atoms with van der Waals surface area (Å²) >= 11 is 0. The van der Waals surface area contributed by atoms with Gasteiger partial charge in [0.05, 0.1) is 12.6 Å². The minimum Gasteiger partial charge on any atom is -0.378 e. The minimum atomic E-state index is 0.422. The van der Waals surface area contributed by atoms with Crippen LogP contribution in [0.25, 0.3) is 0 Å². The fourth-order valence-electron chi connectivity index (χ4n) is 1.91.